The van der Waals surface area contributed by atoms with Gasteiger partial charge in [0.05, 0.1) is 13.2 Å². The predicted octanol–water partition coefficient (Wildman–Crippen LogP) is 2.66. The van der Waals surface area contributed by atoms with Crippen molar-refractivity contribution in [3.8, 4) is 11.5 Å². The van der Waals surface area contributed by atoms with Crippen molar-refractivity contribution in [2.75, 3.05) is 7.11 Å². The zero-order chi connectivity index (χ0) is 13.3. The molecule has 0 aromatic heterocycles. The summed E-state index contributed by atoms with van der Waals surface area (Å²) in [6.45, 7) is 3.86. The fourth-order valence-electron chi connectivity index (χ4n) is 1.99. The van der Waals surface area contributed by atoms with E-state index in [0.29, 0.717) is 17.9 Å². The molecule has 100 valence electrons. The van der Waals surface area contributed by atoms with Crippen molar-refractivity contribution in [3.63, 3.8) is 0 Å². The molecule has 1 fully saturated rings. The summed E-state index contributed by atoms with van der Waals surface area (Å²) in [5, 5.41) is 0. The van der Waals surface area contributed by atoms with Gasteiger partial charge in [-0.3, -0.25) is 0 Å². The quantitative estimate of drug-likeness (QED) is 0.877. The lowest BCUT2D eigenvalue weighted by Gasteiger charge is -2.19. The third-order valence-electron chi connectivity index (χ3n) is 3.10. The van der Waals surface area contributed by atoms with E-state index < -0.39 is 0 Å². The summed E-state index contributed by atoms with van der Waals surface area (Å²) < 4.78 is 24.5. The van der Waals surface area contributed by atoms with E-state index in [1.807, 2.05) is 13.8 Å². The topological polar surface area (TPSA) is 44.5 Å². The van der Waals surface area contributed by atoms with Crippen LogP contribution < -0.4 is 15.2 Å². The van der Waals surface area contributed by atoms with Gasteiger partial charge in [-0.15, -0.1) is 0 Å². The van der Waals surface area contributed by atoms with Crippen LogP contribution in [-0.2, 0) is 6.42 Å². The van der Waals surface area contributed by atoms with Crippen LogP contribution in [0.3, 0.4) is 0 Å². The molecule has 2 rings (SSSR count). The van der Waals surface area contributed by atoms with Crippen LogP contribution in [0.2, 0.25) is 0 Å². The largest absolute Gasteiger partial charge is 0.493 e. The SMILES string of the molecule is COc1cc(F)cc(CC2(N)CC2)c1OC(C)C. The highest BCUT2D eigenvalue weighted by Gasteiger charge is 2.39. The summed E-state index contributed by atoms with van der Waals surface area (Å²) in [4.78, 5) is 0. The van der Waals surface area contributed by atoms with E-state index in [2.05, 4.69) is 0 Å². The lowest BCUT2D eigenvalue weighted by Crippen LogP contribution is -2.25. The zero-order valence-electron chi connectivity index (χ0n) is 11.1. The molecule has 4 heteroatoms. The van der Waals surface area contributed by atoms with Gasteiger partial charge in [0.2, 0.25) is 0 Å². The fourth-order valence-corrected chi connectivity index (χ4v) is 1.99. The zero-order valence-corrected chi connectivity index (χ0v) is 11.1. The molecular weight excluding hydrogens is 233 g/mol. The minimum atomic E-state index is -0.317. The van der Waals surface area contributed by atoms with Gasteiger partial charge in [-0.1, -0.05) is 0 Å². The average molecular weight is 253 g/mol. The van der Waals surface area contributed by atoms with Crippen molar-refractivity contribution in [1.82, 2.24) is 0 Å². The maximum absolute atomic E-state index is 13.6. The third kappa shape index (κ3) is 2.93. The van der Waals surface area contributed by atoms with Gasteiger partial charge in [-0.05, 0) is 39.2 Å². The van der Waals surface area contributed by atoms with Crippen LogP contribution in [0.25, 0.3) is 0 Å². The molecule has 1 aliphatic carbocycles. The monoisotopic (exact) mass is 253 g/mol. The number of nitrogens with two attached hydrogens (primary N) is 1. The molecule has 0 aliphatic heterocycles. The standard InChI is InChI=1S/C14H20FNO2/c1-9(2)18-13-10(8-14(16)4-5-14)6-11(15)7-12(13)17-3/h6-7,9H,4-5,8,16H2,1-3H3. The lowest BCUT2D eigenvalue weighted by atomic mass is 10.0. The molecular formula is C14H20FNO2. The normalized spacial score (nSPS) is 16.8. The van der Waals surface area contributed by atoms with E-state index in [9.17, 15) is 4.39 Å². The molecule has 1 saturated carbocycles. The molecule has 0 spiro atoms. The summed E-state index contributed by atoms with van der Waals surface area (Å²) in [6, 6.07) is 2.84. The summed E-state index contributed by atoms with van der Waals surface area (Å²) in [6.07, 6.45) is 2.60. The van der Waals surface area contributed by atoms with Crippen LogP contribution in [0.4, 0.5) is 4.39 Å². The Morgan fingerprint density at radius 3 is 2.56 bits per heavy atom. The number of methoxy groups -OCH3 is 1. The van der Waals surface area contributed by atoms with Crippen LogP contribution in [0, 0.1) is 5.82 Å². The molecule has 3 nitrogen and oxygen atoms in total. The molecule has 0 amide bonds. The van der Waals surface area contributed by atoms with Crippen LogP contribution in [-0.4, -0.2) is 18.8 Å². The van der Waals surface area contributed by atoms with E-state index >= 15 is 0 Å². The predicted molar refractivity (Wildman–Crippen MR) is 68.6 cm³/mol. The molecule has 1 aliphatic rings. The van der Waals surface area contributed by atoms with E-state index in [0.717, 1.165) is 18.4 Å². The first-order valence-corrected chi connectivity index (χ1v) is 6.25. The Morgan fingerprint density at radius 2 is 2.06 bits per heavy atom. The molecule has 0 bridgehead atoms. The Morgan fingerprint density at radius 1 is 1.39 bits per heavy atom. The van der Waals surface area contributed by atoms with Gasteiger partial charge < -0.3 is 15.2 Å². The number of benzene rings is 1. The van der Waals surface area contributed by atoms with Crippen molar-refractivity contribution in [2.45, 2.75) is 44.8 Å². The summed E-state index contributed by atoms with van der Waals surface area (Å²) in [5.41, 5.74) is 6.71. The molecule has 0 saturated heterocycles. The van der Waals surface area contributed by atoms with Gasteiger partial charge in [-0.2, -0.15) is 0 Å². The van der Waals surface area contributed by atoms with E-state index in [4.69, 9.17) is 15.2 Å². The second-order valence-corrected chi connectivity index (χ2v) is 5.30. The van der Waals surface area contributed by atoms with Crippen molar-refractivity contribution < 1.29 is 13.9 Å². The highest BCUT2D eigenvalue weighted by atomic mass is 19.1. The fraction of sp³-hybridized carbons (Fsp3) is 0.571. The highest BCUT2D eigenvalue weighted by molar-refractivity contribution is 5.48. The van der Waals surface area contributed by atoms with Crippen molar-refractivity contribution in [3.05, 3.63) is 23.5 Å². The van der Waals surface area contributed by atoms with Crippen LogP contribution in [0.15, 0.2) is 12.1 Å². The number of ether oxygens (including phenoxy) is 2. The molecule has 1 aromatic carbocycles. The van der Waals surface area contributed by atoms with Gasteiger partial charge in [0.25, 0.3) is 0 Å². The minimum Gasteiger partial charge on any atom is -0.493 e. The highest BCUT2D eigenvalue weighted by Crippen LogP contribution is 2.41. The Labute approximate surface area is 107 Å². The van der Waals surface area contributed by atoms with E-state index in [-0.39, 0.29) is 17.5 Å². The third-order valence-corrected chi connectivity index (χ3v) is 3.10. The van der Waals surface area contributed by atoms with E-state index in [1.54, 1.807) is 0 Å². The molecule has 0 radical (unpaired) electrons. The second-order valence-electron chi connectivity index (χ2n) is 5.30. The minimum absolute atomic E-state index is 0.0102. The van der Waals surface area contributed by atoms with Crippen LogP contribution in [0.1, 0.15) is 32.3 Å². The van der Waals surface area contributed by atoms with Gasteiger partial charge in [0, 0.05) is 17.2 Å². The van der Waals surface area contributed by atoms with Crippen molar-refractivity contribution in [2.24, 2.45) is 5.73 Å². The van der Waals surface area contributed by atoms with Crippen LogP contribution in [0.5, 0.6) is 11.5 Å². The van der Waals surface area contributed by atoms with Gasteiger partial charge in [-0.25, -0.2) is 4.39 Å². The molecule has 0 heterocycles. The average Bonchev–Trinajstić information content (AvgIpc) is 2.99. The second kappa shape index (κ2) is 4.76. The Kier molecular flexibility index (Phi) is 3.48. The summed E-state index contributed by atoms with van der Waals surface area (Å²) >= 11 is 0. The Hall–Kier alpha value is -1.29. The molecule has 18 heavy (non-hydrogen) atoms. The molecule has 0 atom stereocenters. The molecule has 2 N–H and O–H groups in total. The maximum Gasteiger partial charge on any atom is 0.164 e. The summed E-state index contributed by atoms with van der Waals surface area (Å²) in [5.74, 6) is 0.732. The number of hydrogen-bond donors (Lipinski definition) is 1. The Balaban J connectivity index is 2.36. The first-order chi connectivity index (χ1) is 8.43. The number of halogens is 1. The van der Waals surface area contributed by atoms with Gasteiger partial charge >= 0.3 is 0 Å². The number of hydrogen-bond acceptors (Lipinski definition) is 3. The smallest absolute Gasteiger partial charge is 0.164 e. The first kappa shape index (κ1) is 13.1. The summed E-state index contributed by atoms with van der Waals surface area (Å²) in [7, 11) is 1.51. The molecule has 0 unspecified atom stereocenters. The Bertz CT molecular complexity index is 442. The molecule has 1 aromatic rings. The van der Waals surface area contributed by atoms with Gasteiger partial charge in [0.15, 0.2) is 11.5 Å². The van der Waals surface area contributed by atoms with E-state index in [1.165, 1.54) is 19.2 Å². The first-order valence-electron chi connectivity index (χ1n) is 6.25. The van der Waals surface area contributed by atoms with Crippen LogP contribution >= 0.6 is 0 Å². The van der Waals surface area contributed by atoms with Crippen molar-refractivity contribution in [1.29, 1.82) is 0 Å². The number of rotatable bonds is 5. The maximum atomic E-state index is 13.6. The van der Waals surface area contributed by atoms with Gasteiger partial charge in [0.1, 0.15) is 5.82 Å². The van der Waals surface area contributed by atoms with Crippen molar-refractivity contribution >= 4 is 0 Å². The lowest BCUT2D eigenvalue weighted by molar-refractivity contribution is 0.226.